The SMILES string of the molecule is C1=Nc2ccccc2C1.CC.CC.CC.c1ccc2ccccc2c1.c1ccc2ncccc2c1. The summed E-state index contributed by atoms with van der Waals surface area (Å²) in [6, 6.07) is 37.0. The zero-order valence-electron chi connectivity index (χ0n) is 22.1. The van der Waals surface area contributed by atoms with Crippen molar-refractivity contribution in [3.8, 4) is 0 Å². The van der Waals surface area contributed by atoms with Crippen molar-refractivity contribution in [2.75, 3.05) is 0 Å². The van der Waals surface area contributed by atoms with Crippen LogP contribution in [-0.2, 0) is 6.42 Å². The van der Waals surface area contributed by atoms with Crippen LogP contribution in [0.1, 0.15) is 47.1 Å². The van der Waals surface area contributed by atoms with Crippen molar-refractivity contribution in [3.63, 3.8) is 0 Å². The lowest BCUT2D eigenvalue weighted by Crippen LogP contribution is -1.75. The van der Waals surface area contributed by atoms with E-state index in [0.29, 0.717) is 0 Å². The molecule has 1 aliphatic rings. The van der Waals surface area contributed by atoms with Crippen LogP contribution in [0.25, 0.3) is 21.7 Å². The highest BCUT2D eigenvalue weighted by Crippen LogP contribution is 2.22. The van der Waals surface area contributed by atoms with Gasteiger partial charge in [-0.25, -0.2) is 0 Å². The fourth-order valence-corrected chi connectivity index (χ4v) is 3.20. The normalized spacial score (nSPS) is 9.77. The average Bonchev–Trinajstić information content (AvgIpc) is 3.46. The molecule has 1 aromatic heterocycles. The highest BCUT2D eigenvalue weighted by atomic mass is 14.7. The summed E-state index contributed by atoms with van der Waals surface area (Å²) >= 11 is 0. The van der Waals surface area contributed by atoms with Crippen molar-refractivity contribution in [3.05, 3.63) is 121 Å². The molecule has 6 rings (SSSR count). The van der Waals surface area contributed by atoms with E-state index < -0.39 is 0 Å². The van der Waals surface area contributed by atoms with E-state index >= 15 is 0 Å². The molecule has 2 heteroatoms. The second-order valence-electron chi connectivity index (χ2n) is 6.69. The maximum Gasteiger partial charge on any atom is 0.0701 e. The first-order valence-electron chi connectivity index (χ1n) is 12.7. The molecule has 0 saturated heterocycles. The third-order valence-electron chi connectivity index (χ3n) is 4.70. The molecule has 35 heavy (non-hydrogen) atoms. The summed E-state index contributed by atoms with van der Waals surface area (Å²) in [5, 5.41) is 3.82. The van der Waals surface area contributed by atoms with Gasteiger partial charge < -0.3 is 0 Å². The summed E-state index contributed by atoms with van der Waals surface area (Å²) < 4.78 is 0. The molecule has 182 valence electrons. The molecule has 1 aliphatic heterocycles. The first-order chi connectivity index (χ1) is 17.4. The number of hydrogen-bond acceptors (Lipinski definition) is 2. The number of benzene rings is 4. The summed E-state index contributed by atoms with van der Waals surface area (Å²) in [7, 11) is 0. The van der Waals surface area contributed by atoms with E-state index in [1.54, 1.807) is 0 Å². The molecule has 0 aliphatic carbocycles. The summed E-state index contributed by atoms with van der Waals surface area (Å²) in [4.78, 5) is 8.36. The quantitative estimate of drug-likeness (QED) is 0.224. The Kier molecular flexibility index (Phi) is 15.6. The summed E-state index contributed by atoms with van der Waals surface area (Å²) in [5.41, 5.74) is 3.54. The molecule has 5 aromatic rings. The first kappa shape index (κ1) is 29.3. The molecule has 2 heterocycles. The van der Waals surface area contributed by atoms with Gasteiger partial charge in [0.1, 0.15) is 0 Å². The highest BCUT2D eigenvalue weighted by molar-refractivity contribution is 5.82. The van der Waals surface area contributed by atoms with Crippen LogP contribution in [0.15, 0.2) is 120 Å². The lowest BCUT2D eigenvalue weighted by Gasteiger charge is -1.92. The van der Waals surface area contributed by atoms with Crippen molar-refractivity contribution in [2.24, 2.45) is 4.99 Å². The Bertz CT molecular complexity index is 1040. The van der Waals surface area contributed by atoms with E-state index in [-0.39, 0.29) is 0 Å². The molecule has 0 spiro atoms. The molecule has 0 unspecified atom stereocenters. The van der Waals surface area contributed by atoms with Crippen LogP contribution in [0.2, 0.25) is 0 Å². The standard InChI is InChI=1S/C10H8.C9H7N.C8H7N.3C2H6/c1-2-6-10-8-4-3-7-9(10)5-1;1-2-6-9-8(4-1)5-3-7-10-9;1-2-4-8-7(3-1)5-6-9-8;3*1-2/h1-8H;1-7H;1-4,6H,5H2;3*1-2H3. The van der Waals surface area contributed by atoms with Crippen LogP contribution in [0.3, 0.4) is 0 Å². The number of hydrogen-bond donors (Lipinski definition) is 0. The van der Waals surface area contributed by atoms with E-state index in [2.05, 4.69) is 76.7 Å². The molecular formula is C33H40N2. The van der Waals surface area contributed by atoms with Crippen molar-refractivity contribution < 1.29 is 0 Å². The van der Waals surface area contributed by atoms with Gasteiger partial charge in [-0.15, -0.1) is 0 Å². The Morgan fingerprint density at radius 2 is 0.943 bits per heavy atom. The second kappa shape index (κ2) is 18.6. The van der Waals surface area contributed by atoms with Crippen LogP contribution in [0.4, 0.5) is 5.69 Å². The second-order valence-corrected chi connectivity index (χ2v) is 6.69. The Hall–Kier alpha value is -3.78. The maximum atomic E-state index is 4.18. The van der Waals surface area contributed by atoms with Gasteiger partial charge in [0, 0.05) is 24.2 Å². The van der Waals surface area contributed by atoms with Crippen molar-refractivity contribution in [1.82, 2.24) is 4.98 Å². The fraction of sp³-hybridized carbons (Fsp3) is 0.212. The molecule has 0 saturated carbocycles. The van der Waals surface area contributed by atoms with Gasteiger partial charge in [0.25, 0.3) is 0 Å². The number of nitrogens with zero attached hydrogens (tertiary/aromatic N) is 2. The molecule has 0 amide bonds. The van der Waals surface area contributed by atoms with Crippen LogP contribution in [0, 0.1) is 0 Å². The van der Waals surface area contributed by atoms with Crippen LogP contribution in [0.5, 0.6) is 0 Å². The van der Waals surface area contributed by atoms with Gasteiger partial charge in [0.2, 0.25) is 0 Å². The number of rotatable bonds is 0. The van der Waals surface area contributed by atoms with E-state index in [1.807, 2.05) is 96.4 Å². The number of aliphatic imine (C=N–C) groups is 1. The van der Waals surface area contributed by atoms with Crippen molar-refractivity contribution in [1.29, 1.82) is 0 Å². The smallest absolute Gasteiger partial charge is 0.0701 e. The molecule has 0 bridgehead atoms. The lowest BCUT2D eigenvalue weighted by molar-refractivity contribution is 1.41. The van der Waals surface area contributed by atoms with E-state index in [4.69, 9.17) is 0 Å². The van der Waals surface area contributed by atoms with Gasteiger partial charge in [-0.1, -0.05) is 133 Å². The van der Waals surface area contributed by atoms with E-state index in [0.717, 1.165) is 17.6 Å². The van der Waals surface area contributed by atoms with Gasteiger partial charge in [-0.3, -0.25) is 9.98 Å². The molecule has 0 N–H and O–H groups in total. The molecule has 2 nitrogen and oxygen atoms in total. The molecule has 0 radical (unpaired) electrons. The van der Waals surface area contributed by atoms with E-state index in [9.17, 15) is 0 Å². The summed E-state index contributed by atoms with van der Waals surface area (Å²) in [5.74, 6) is 0. The minimum Gasteiger partial charge on any atom is -0.261 e. The highest BCUT2D eigenvalue weighted by Gasteiger charge is 2.01. The van der Waals surface area contributed by atoms with Crippen LogP contribution < -0.4 is 0 Å². The lowest BCUT2D eigenvalue weighted by atomic mass is 10.1. The predicted molar refractivity (Wildman–Crippen MR) is 158 cm³/mol. The van der Waals surface area contributed by atoms with Crippen LogP contribution >= 0.6 is 0 Å². The van der Waals surface area contributed by atoms with E-state index in [1.165, 1.54) is 21.7 Å². The average molecular weight is 465 g/mol. The van der Waals surface area contributed by atoms with Gasteiger partial charge in [-0.2, -0.15) is 0 Å². The molecule has 4 aromatic carbocycles. The first-order valence-corrected chi connectivity index (χ1v) is 12.7. The monoisotopic (exact) mass is 464 g/mol. The minimum atomic E-state index is 1.01. The minimum absolute atomic E-state index is 1.01. The number of fused-ring (bicyclic) bond motifs is 3. The van der Waals surface area contributed by atoms with Gasteiger partial charge >= 0.3 is 0 Å². The van der Waals surface area contributed by atoms with Gasteiger partial charge in [0.15, 0.2) is 0 Å². The third-order valence-corrected chi connectivity index (χ3v) is 4.70. The van der Waals surface area contributed by atoms with Crippen LogP contribution in [-0.4, -0.2) is 11.2 Å². The third kappa shape index (κ3) is 9.93. The predicted octanol–water partition coefficient (Wildman–Crippen LogP) is 10.1. The van der Waals surface area contributed by atoms with Gasteiger partial charge in [0.05, 0.1) is 11.2 Å². The Morgan fingerprint density at radius 1 is 0.486 bits per heavy atom. The molecule has 0 fully saturated rings. The zero-order valence-corrected chi connectivity index (χ0v) is 22.1. The number of pyridine rings is 1. The maximum absolute atomic E-state index is 4.18. The molecular weight excluding hydrogens is 424 g/mol. The fourth-order valence-electron chi connectivity index (χ4n) is 3.20. The summed E-state index contributed by atoms with van der Waals surface area (Å²) in [6.45, 7) is 12.0. The van der Waals surface area contributed by atoms with Gasteiger partial charge in [-0.05, 0) is 34.5 Å². The Balaban J connectivity index is 0.000000237. The van der Waals surface area contributed by atoms with Crippen molar-refractivity contribution in [2.45, 2.75) is 48.0 Å². The Morgan fingerprint density at radius 3 is 1.49 bits per heavy atom. The number of aromatic nitrogens is 1. The topological polar surface area (TPSA) is 25.2 Å². The summed E-state index contributed by atoms with van der Waals surface area (Å²) in [6.07, 6.45) is 4.77. The number of para-hydroxylation sites is 2. The largest absolute Gasteiger partial charge is 0.261 e. The Labute approximate surface area is 212 Å². The van der Waals surface area contributed by atoms with Crippen molar-refractivity contribution >= 4 is 33.6 Å². The zero-order chi connectivity index (χ0) is 25.7. The molecule has 0 atom stereocenters.